The number of rotatable bonds is 4. The Bertz CT molecular complexity index is 1290. The molecule has 28 heavy (non-hydrogen) atoms. The number of para-hydroxylation sites is 1. The Hall–Kier alpha value is -4.00. The minimum Gasteiger partial charge on any atom is -0.463 e. The summed E-state index contributed by atoms with van der Waals surface area (Å²) in [6, 6.07) is 18.6. The predicted octanol–water partition coefficient (Wildman–Crippen LogP) is 3.47. The lowest BCUT2D eigenvalue weighted by atomic mass is 10.1. The van der Waals surface area contributed by atoms with Gasteiger partial charge in [-0.1, -0.05) is 24.3 Å². The van der Waals surface area contributed by atoms with Crippen LogP contribution in [0.15, 0.2) is 77.5 Å². The van der Waals surface area contributed by atoms with Crippen LogP contribution < -0.4 is 5.32 Å². The van der Waals surface area contributed by atoms with Crippen molar-refractivity contribution in [1.29, 1.82) is 0 Å². The summed E-state index contributed by atoms with van der Waals surface area (Å²) in [6.45, 7) is 0.261. The van der Waals surface area contributed by atoms with Crippen molar-refractivity contribution in [1.82, 2.24) is 24.9 Å². The highest BCUT2D eigenvalue weighted by Gasteiger charge is 2.15. The molecule has 1 amide bonds. The number of carbonyl (C=O) groups is 1. The van der Waals surface area contributed by atoms with Gasteiger partial charge in [0.1, 0.15) is 5.69 Å². The third kappa shape index (κ3) is 2.79. The van der Waals surface area contributed by atoms with Gasteiger partial charge in [-0.2, -0.15) is 0 Å². The Kier molecular flexibility index (Phi) is 3.83. The van der Waals surface area contributed by atoms with Gasteiger partial charge in [0.15, 0.2) is 17.2 Å². The van der Waals surface area contributed by atoms with Gasteiger partial charge in [0.05, 0.1) is 23.9 Å². The summed E-state index contributed by atoms with van der Waals surface area (Å²) >= 11 is 0. The van der Waals surface area contributed by atoms with Crippen molar-refractivity contribution in [3.05, 3.63) is 84.5 Å². The highest BCUT2D eigenvalue weighted by molar-refractivity contribution is 6.07. The Balaban J connectivity index is 1.50. The molecular formula is C21H15N5O2. The molecule has 0 aliphatic carbocycles. The zero-order valence-electron chi connectivity index (χ0n) is 14.7. The van der Waals surface area contributed by atoms with E-state index in [0.29, 0.717) is 22.8 Å². The van der Waals surface area contributed by atoms with Crippen molar-refractivity contribution < 1.29 is 9.21 Å². The molecule has 0 atom stereocenters. The second kappa shape index (κ2) is 6.62. The number of aromatic nitrogens is 4. The summed E-state index contributed by atoms with van der Waals surface area (Å²) in [4.78, 5) is 17.6. The Labute approximate surface area is 159 Å². The fourth-order valence-electron chi connectivity index (χ4n) is 3.18. The number of hydrogen-bond donors (Lipinski definition) is 1. The molecule has 0 aliphatic heterocycles. The van der Waals surface area contributed by atoms with Gasteiger partial charge in [0.25, 0.3) is 5.91 Å². The predicted molar refractivity (Wildman–Crippen MR) is 104 cm³/mol. The van der Waals surface area contributed by atoms with Crippen LogP contribution in [0.1, 0.15) is 16.2 Å². The van der Waals surface area contributed by atoms with Gasteiger partial charge in [0.2, 0.25) is 0 Å². The van der Waals surface area contributed by atoms with E-state index < -0.39 is 0 Å². The highest BCUT2D eigenvalue weighted by atomic mass is 16.3. The van der Waals surface area contributed by atoms with E-state index in [-0.39, 0.29) is 12.5 Å². The number of amides is 1. The maximum atomic E-state index is 13.0. The largest absolute Gasteiger partial charge is 0.463 e. The van der Waals surface area contributed by atoms with Gasteiger partial charge in [0, 0.05) is 11.6 Å². The molecule has 0 bridgehead atoms. The molecule has 4 heterocycles. The van der Waals surface area contributed by atoms with Crippen LogP contribution in [-0.4, -0.2) is 25.5 Å². The monoisotopic (exact) mass is 369 g/mol. The van der Waals surface area contributed by atoms with E-state index in [2.05, 4.69) is 20.5 Å². The van der Waals surface area contributed by atoms with Crippen LogP contribution in [0.5, 0.6) is 0 Å². The summed E-state index contributed by atoms with van der Waals surface area (Å²) in [7, 11) is 0. The SMILES string of the molecule is O=C(NCc1nnc2ccccn12)c1cc(-c2ccco2)nc2ccccc12. The zero-order chi connectivity index (χ0) is 18.9. The van der Waals surface area contributed by atoms with Gasteiger partial charge < -0.3 is 9.73 Å². The highest BCUT2D eigenvalue weighted by Crippen LogP contribution is 2.25. The van der Waals surface area contributed by atoms with Crippen molar-refractivity contribution >= 4 is 22.5 Å². The molecule has 0 fully saturated rings. The molecule has 0 saturated carbocycles. The summed E-state index contributed by atoms with van der Waals surface area (Å²) in [5.74, 6) is 1.07. The van der Waals surface area contributed by atoms with E-state index in [1.54, 1.807) is 18.4 Å². The molecular weight excluding hydrogens is 354 g/mol. The third-order valence-corrected chi connectivity index (χ3v) is 4.53. The van der Waals surface area contributed by atoms with Crippen molar-refractivity contribution in [2.75, 3.05) is 0 Å². The number of carbonyl (C=O) groups excluding carboxylic acids is 1. The van der Waals surface area contributed by atoms with E-state index >= 15 is 0 Å². The number of nitrogens with zero attached hydrogens (tertiary/aromatic N) is 4. The summed E-state index contributed by atoms with van der Waals surface area (Å²) < 4.78 is 7.30. The lowest BCUT2D eigenvalue weighted by molar-refractivity contribution is 0.0951. The van der Waals surface area contributed by atoms with Crippen LogP contribution >= 0.6 is 0 Å². The normalized spacial score (nSPS) is 11.1. The number of benzene rings is 1. The number of pyridine rings is 2. The molecule has 136 valence electrons. The minimum absolute atomic E-state index is 0.209. The summed E-state index contributed by atoms with van der Waals surface area (Å²) in [5, 5.41) is 12.0. The maximum absolute atomic E-state index is 13.0. The first-order chi connectivity index (χ1) is 13.8. The molecule has 0 aliphatic rings. The molecule has 7 heteroatoms. The first-order valence-corrected chi connectivity index (χ1v) is 8.80. The summed E-state index contributed by atoms with van der Waals surface area (Å²) in [5.41, 5.74) is 2.61. The molecule has 1 N–H and O–H groups in total. The average molecular weight is 369 g/mol. The second-order valence-corrected chi connectivity index (χ2v) is 6.28. The fraction of sp³-hybridized carbons (Fsp3) is 0.0476. The van der Waals surface area contributed by atoms with E-state index in [1.165, 1.54) is 0 Å². The third-order valence-electron chi connectivity index (χ3n) is 4.53. The van der Waals surface area contributed by atoms with Gasteiger partial charge in [-0.05, 0) is 36.4 Å². The van der Waals surface area contributed by atoms with Crippen molar-refractivity contribution in [2.45, 2.75) is 6.54 Å². The Morgan fingerprint density at radius 2 is 1.93 bits per heavy atom. The molecule has 0 saturated heterocycles. The molecule has 0 radical (unpaired) electrons. The Morgan fingerprint density at radius 1 is 1.04 bits per heavy atom. The van der Waals surface area contributed by atoms with Crippen molar-refractivity contribution in [2.24, 2.45) is 0 Å². The molecule has 5 aromatic rings. The van der Waals surface area contributed by atoms with E-state index in [1.807, 2.05) is 59.1 Å². The molecule has 4 aromatic heterocycles. The number of furan rings is 1. The quantitative estimate of drug-likeness (QED) is 0.524. The molecule has 7 nitrogen and oxygen atoms in total. The lowest BCUT2D eigenvalue weighted by Gasteiger charge is -2.09. The van der Waals surface area contributed by atoms with Gasteiger partial charge in [-0.25, -0.2) is 4.98 Å². The molecule has 5 rings (SSSR count). The zero-order valence-corrected chi connectivity index (χ0v) is 14.7. The van der Waals surface area contributed by atoms with Crippen LogP contribution in [0.3, 0.4) is 0 Å². The van der Waals surface area contributed by atoms with Crippen LogP contribution in [0.4, 0.5) is 0 Å². The fourth-order valence-corrected chi connectivity index (χ4v) is 3.18. The topological polar surface area (TPSA) is 85.3 Å². The van der Waals surface area contributed by atoms with Gasteiger partial charge in [-0.3, -0.25) is 9.20 Å². The molecule has 0 unspecified atom stereocenters. The van der Waals surface area contributed by atoms with E-state index in [4.69, 9.17) is 4.42 Å². The smallest absolute Gasteiger partial charge is 0.252 e. The van der Waals surface area contributed by atoms with Gasteiger partial charge >= 0.3 is 0 Å². The van der Waals surface area contributed by atoms with Crippen molar-refractivity contribution in [3.8, 4) is 11.5 Å². The standard InChI is InChI=1S/C21H15N5O2/c27-21(22-13-20-25-24-19-9-3-4-10-26(19)20)15-12-17(18-8-5-11-28-18)23-16-7-2-1-6-14(15)16/h1-12H,13H2,(H,22,27). The van der Waals surface area contributed by atoms with Crippen LogP contribution in [0.2, 0.25) is 0 Å². The lowest BCUT2D eigenvalue weighted by Crippen LogP contribution is -2.24. The maximum Gasteiger partial charge on any atom is 0.252 e. The Morgan fingerprint density at radius 3 is 2.82 bits per heavy atom. The van der Waals surface area contributed by atoms with Crippen molar-refractivity contribution in [3.63, 3.8) is 0 Å². The number of nitrogens with one attached hydrogen (secondary N) is 1. The number of fused-ring (bicyclic) bond motifs is 2. The molecule has 1 aromatic carbocycles. The van der Waals surface area contributed by atoms with E-state index in [9.17, 15) is 4.79 Å². The minimum atomic E-state index is -0.209. The van der Waals surface area contributed by atoms with E-state index in [0.717, 1.165) is 16.6 Å². The second-order valence-electron chi connectivity index (χ2n) is 6.28. The van der Waals surface area contributed by atoms with Crippen LogP contribution in [0, 0.1) is 0 Å². The van der Waals surface area contributed by atoms with Crippen LogP contribution in [0.25, 0.3) is 28.0 Å². The first kappa shape index (κ1) is 16.2. The first-order valence-electron chi connectivity index (χ1n) is 8.80. The average Bonchev–Trinajstić information content (AvgIpc) is 3.41. The molecule has 0 spiro atoms. The van der Waals surface area contributed by atoms with Gasteiger partial charge in [-0.15, -0.1) is 10.2 Å². The summed E-state index contributed by atoms with van der Waals surface area (Å²) in [6.07, 6.45) is 3.45. The number of hydrogen-bond acceptors (Lipinski definition) is 5. The van der Waals surface area contributed by atoms with Crippen LogP contribution in [-0.2, 0) is 6.54 Å².